The van der Waals surface area contributed by atoms with E-state index in [9.17, 15) is 0 Å². The number of nitrogens with zero attached hydrogens (tertiary/aromatic N) is 1. The van der Waals surface area contributed by atoms with Crippen molar-refractivity contribution in [2.45, 2.75) is 70.9 Å². The first-order valence-electron chi connectivity index (χ1n) is 9.21. The Morgan fingerprint density at radius 3 is 2.57 bits per heavy atom. The summed E-state index contributed by atoms with van der Waals surface area (Å²) in [5.41, 5.74) is 0.473. The average molecular weight is 294 g/mol. The van der Waals surface area contributed by atoms with E-state index in [1.807, 2.05) is 0 Å². The molecule has 0 amide bonds. The van der Waals surface area contributed by atoms with E-state index in [0.29, 0.717) is 11.5 Å². The van der Waals surface area contributed by atoms with Crippen molar-refractivity contribution in [3.8, 4) is 0 Å². The highest BCUT2D eigenvalue weighted by atomic mass is 16.5. The van der Waals surface area contributed by atoms with Crippen LogP contribution in [0.2, 0.25) is 0 Å². The molecule has 21 heavy (non-hydrogen) atoms. The predicted octanol–water partition coefficient (Wildman–Crippen LogP) is 3.05. The Morgan fingerprint density at radius 1 is 1.14 bits per heavy atom. The number of nitrogens with one attached hydrogen (secondary N) is 1. The van der Waals surface area contributed by atoms with E-state index >= 15 is 0 Å². The molecular formula is C18H34N2O. The van der Waals surface area contributed by atoms with Gasteiger partial charge in [0, 0.05) is 44.9 Å². The zero-order valence-electron chi connectivity index (χ0n) is 14.1. The summed E-state index contributed by atoms with van der Waals surface area (Å²) in [7, 11) is 0. The number of hydrogen-bond donors (Lipinski definition) is 1. The molecule has 3 fully saturated rings. The van der Waals surface area contributed by atoms with E-state index in [4.69, 9.17) is 4.74 Å². The molecule has 0 aromatic rings. The minimum absolute atomic E-state index is 0.473. The Labute approximate surface area is 130 Å². The van der Waals surface area contributed by atoms with E-state index in [-0.39, 0.29) is 0 Å². The smallest absolute Gasteiger partial charge is 0.0471 e. The van der Waals surface area contributed by atoms with Crippen LogP contribution in [0.1, 0.15) is 58.8 Å². The van der Waals surface area contributed by atoms with Gasteiger partial charge < -0.3 is 10.1 Å². The van der Waals surface area contributed by atoms with Gasteiger partial charge >= 0.3 is 0 Å². The van der Waals surface area contributed by atoms with Crippen LogP contribution in [0.15, 0.2) is 0 Å². The van der Waals surface area contributed by atoms with Gasteiger partial charge in [0.15, 0.2) is 0 Å². The van der Waals surface area contributed by atoms with E-state index in [1.165, 1.54) is 64.6 Å². The Balaban J connectivity index is 1.57. The summed E-state index contributed by atoms with van der Waals surface area (Å²) in [6.07, 6.45) is 9.73. The molecule has 0 aromatic carbocycles. The van der Waals surface area contributed by atoms with Crippen LogP contribution < -0.4 is 5.32 Å². The third-order valence-corrected chi connectivity index (χ3v) is 6.23. The quantitative estimate of drug-likeness (QED) is 0.866. The summed E-state index contributed by atoms with van der Waals surface area (Å²) in [6, 6.07) is 1.43. The molecule has 1 saturated carbocycles. The lowest BCUT2D eigenvalue weighted by molar-refractivity contribution is -0.0123. The molecule has 0 aromatic heterocycles. The lowest BCUT2D eigenvalue weighted by Gasteiger charge is -2.47. The van der Waals surface area contributed by atoms with Crippen LogP contribution >= 0.6 is 0 Å². The molecule has 0 radical (unpaired) electrons. The van der Waals surface area contributed by atoms with Gasteiger partial charge in [0.2, 0.25) is 0 Å². The molecule has 122 valence electrons. The van der Waals surface area contributed by atoms with Crippen LogP contribution in [0.25, 0.3) is 0 Å². The first-order chi connectivity index (χ1) is 10.2. The lowest BCUT2D eigenvalue weighted by Crippen LogP contribution is -2.59. The van der Waals surface area contributed by atoms with Gasteiger partial charge in [0.05, 0.1) is 0 Å². The summed E-state index contributed by atoms with van der Waals surface area (Å²) >= 11 is 0. The second kappa shape index (κ2) is 6.97. The molecule has 2 aliphatic heterocycles. The SMILES string of the molecule is CC1CNC(C2CCCCC2)CN1CC1(C)CCOCC1. The Bertz CT molecular complexity index is 321. The third kappa shape index (κ3) is 4.00. The van der Waals surface area contributed by atoms with Crippen molar-refractivity contribution >= 4 is 0 Å². The summed E-state index contributed by atoms with van der Waals surface area (Å²) in [6.45, 7) is 10.5. The molecule has 2 saturated heterocycles. The molecule has 0 bridgehead atoms. The maximum absolute atomic E-state index is 5.57. The van der Waals surface area contributed by atoms with Gasteiger partial charge in [-0.2, -0.15) is 0 Å². The molecule has 0 spiro atoms. The normalized spacial score (nSPS) is 35.7. The largest absolute Gasteiger partial charge is 0.381 e. The molecule has 2 heterocycles. The summed E-state index contributed by atoms with van der Waals surface area (Å²) in [5, 5.41) is 3.85. The van der Waals surface area contributed by atoms with Crippen LogP contribution in [0.4, 0.5) is 0 Å². The van der Waals surface area contributed by atoms with E-state index < -0.39 is 0 Å². The number of hydrogen-bond acceptors (Lipinski definition) is 3. The van der Waals surface area contributed by atoms with Gasteiger partial charge in [-0.1, -0.05) is 26.2 Å². The Hall–Kier alpha value is -0.120. The van der Waals surface area contributed by atoms with Crippen molar-refractivity contribution in [3.63, 3.8) is 0 Å². The number of rotatable bonds is 3. The van der Waals surface area contributed by atoms with Gasteiger partial charge in [0.25, 0.3) is 0 Å². The molecule has 3 heteroatoms. The highest BCUT2D eigenvalue weighted by Gasteiger charge is 2.36. The van der Waals surface area contributed by atoms with Crippen molar-refractivity contribution in [3.05, 3.63) is 0 Å². The minimum atomic E-state index is 0.473. The third-order valence-electron chi connectivity index (χ3n) is 6.23. The van der Waals surface area contributed by atoms with Crippen molar-refractivity contribution in [2.24, 2.45) is 11.3 Å². The maximum Gasteiger partial charge on any atom is 0.0471 e. The summed E-state index contributed by atoms with van der Waals surface area (Å²) < 4.78 is 5.57. The van der Waals surface area contributed by atoms with E-state index in [1.54, 1.807) is 0 Å². The monoisotopic (exact) mass is 294 g/mol. The fraction of sp³-hybridized carbons (Fsp3) is 1.00. The zero-order valence-corrected chi connectivity index (χ0v) is 14.1. The molecule has 1 aliphatic carbocycles. The van der Waals surface area contributed by atoms with Gasteiger partial charge in [-0.25, -0.2) is 0 Å². The molecule has 3 aliphatic rings. The maximum atomic E-state index is 5.57. The first-order valence-corrected chi connectivity index (χ1v) is 9.21. The highest BCUT2D eigenvalue weighted by molar-refractivity contribution is 4.92. The molecular weight excluding hydrogens is 260 g/mol. The second-order valence-corrected chi connectivity index (χ2v) is 8.11. The Morgan fingerprint density at radius 2 is 1.86 bits per heavy atom. The van der Waals surface area contributed by atoms with Gasteiger partial charge in [0.1, 0.15) is 0 Å². The molecule has 2 atom stereocenters. The van der Waals surface area contributed by atoms with Crippen LogP contribution in [0.5, 0.6) is 0 Å². The van der Waals surface area contributed by atoms with E-state index in [2.05, 4.69) is 24.1 Å². The van der Waals surface area contributed by atoms with Crippen LogP contribution in [0.3, 0.4) is 0 Å². The lowest BCUT2D eigenvalue weighted by atomic mass is 9.79. The zero-order chi connectivity index (χ0) is 14.7. The summed E-state index contributed by atoms with van der Waals surface area (Å²) in [4.78, 5) is 2.78. The molecule has 3 rings (SSSR count). The van der Waals surface area contributed by atoms with Crippen molar-refractivity contribution < 1.29 is 4.74 Å². The average Bonchev–Trinajstić information content (AvgIpc) is 2.51. The van der Waals surface area contributed by atoms with Crippen molar-refractivity contribution in [1.82, 2.24) is 10.2 Å². The van der Waals surface area contributed by atoms with Gasteiger partial charge in [-0.3, -0.25) is 4.90 Å². The van der Waals surface area contributed by atoms with Gasteiger partial charge in [-0.15, -0.1) is 0 Å². The number of piperazine rings is 1. The molecule has 3 nitrogen and oxygen atoms in total. The predicted molar refractivity (Wildman–Crippen MR) is 87.6 cm³/mol. The van der Waals surface area contributed by atoms with Gasteiger partial charge in [-0.05, 0) is 43.9 Å². The first kappa shape index (κ1) is 15.8. The minimum Gasteiger partial charge on any atom is -0.381 e. The van der Waals surface area contributed by atoms with Crippen molar-refractivity contribution in [2.75, 3.05) is 32.8 Å². The Kier molecular flexibility index (Phi) is 5.23. The topological polar surface area (TPSA) is 24.5 Å². The standard InChI is InChI=1S/C18H34N2O/c1-15-12-19-17(16-6-4-3-5-7-16)13-20(15)14-18(2)8-10-21-11-9-18/h15-17,19H,3-14H2,1-2H3. The molecule has 1 N–H and O–H groups in total. The van der Waals surface area contributed by atoms with Crippen LogP contribution in [-0.2, 0) is 4.74 Å². The second-order valence-electron chi connectivity index (χ2n) is 8.11. The fourth-order valence-electron chi connectivity index (χ4n) is 4.53. The molecule has 2 unspecified atom stereocenters. The fourth-order valence-corrected chi connectivity index (χ4v) is 4.53. The van der Waals surface area contributed by atoms with Crippen LogP contribution in [-0.4, -0.2) is 49.8 Å². The summed E-state index contributed by atoms with van der Waals surface area (Å²) in [5.74, 6) is 0.927. The van der Waals surface area contributed by atoms with Crippen molar-refractivity contribution in [1.29, 1.82) is 0 Å². The highest BCUT2D eigenvalue weighted by Crippen LogP contribution is 2.33. The van der Waals surface area contributed by atoms with Crippen LogP contribution in [0, 0.1) is 11.3 Å². The number of ether oxygens (including phenoxy) is 1. The van der Waals surface area contributed by atoms with E-state index in [0.717, 1.165) is 25.2 Å².